The van der Waals surface area contributed by atoms with Crippen LogP contribution in [0.1, 0.15) is 0 Å². The minimum Gasteiger partial charge on any atom is -0.439 e. The summed E-state index contributed by atoms with van der Waals surface area (Å²) in [5, 5.41) is 3.57. The summed E-state index contributed by atoms with van der Waals surface area (Å²) in [6.07, 6.45) is 1.51. The molecule has 0 atom stereocenters. The van der Waals surface area contributed by atoms with E-state index in [2.05, 4.69) is 15.3 Å². The summed E-state index contributed by atoms with van der Waals surface area (Å²) in [4.78, 5) is 21.0. The summed E-state index contributed by atoms with van der Waals surface area (Å²) in [6, 6.07) is 15.5. The van der Waals surface area contributed by atoms with Crippen LogP contribution in [-0.2, 0) is 0 Å². The third-order valence-corrected chi connectivity index (χ3v) is 4.63. The molecule has 9 heteroatoms. The number of hydrogen-bond donors (Lipinski definition) is 1. The molecule has 0 spiro atoms. The SMILES string of the molecule is CN(Sc1ccc(Cl)cc1)C(=O)Nc1ccc(Oc2ccnc(Cl)n2)cc1. The monoisotopic (exact) mass is 420 g/mol. The first kappa shape index (κ1) is 19.3. The van der Waals surface area contributed by atoms with Gasteiger partial charge in [0.05, 0.1) is 0 Å². The van der Waals surface area contributed by atoms with Crippen molar-refractivity contribution in [3.05, 3.63) is 71.1 Å². The molecule has 0 aliphatic heterocycles. The fourth-order valence-corrected chi connectivity index (χ4v) is 2.97. The van der Waals surface area contributed by atoms with E-state index < -0.39 is 0 Å². The van der Waals surface area contributed by atoms with Gasteiger partial charge in [-0.25, -0.2) is 9.78 Å². The molecule has 2 aromatic carbocycles. The summed E-state index contributed by atoms with van der Waals surface area (Å²) in [7, 11) is 1.69. The number of amides is 2. The summed E-state index contributed by atoms with van der Waals surface area (Å²) in [5.41, 5.74) is 0.636. The van der Waals surface area contributed by atoms with Crippen molar-refractivity contribution in [1.29, 1.82) is 0 Å². The first-order chi connectivity index (χ1) is 13.0. The molecule has 2 amide bonds. The average molecular weight is 421 g/mol. The highest BCUT2D eigenvalue weighted by Gasteiger charge is 2.11. The van der Waals surface area contributed by atoms with Gasteiger partial charge in [-0.2, -0.15) is 4.98 Å². The number of nitrogens with one attached hydrogen (secondary N) is 1. The number of urea groups is 1. The van der Waals surface area contributed by atoms with Gasteiger partial charge in [0.15, 0.2) is 0 Å². The standard InChI is InChI=1S/C18H14Cl2N4O2S/c1-24(27-15-8-2-12(19)3-9-15)18(25)22-13-4-6-14(7-5-13)26-16-10-11-21-17(20)23-16/h2-11H,1H3,(H,22,25). The van der Waals surface area contributed by atoms with E-state index in [9.17, 15) is 4.79 Å². The lowest BCUT2D eigenvalue weighted by Gasteiger charge is -2.16. The Morgan fingerprint density at radius 3 is 2.44 bits per heavy atom. The van der Waals surface area contributed by atoms with Crippen LogP contribution in [0, 0.1) is 0 Å². The summed E-state index contributed by atoms with van der Waals surface area (Å²) in [5.74, 6) is 0.901. The van der Waals surface area contributed by atoms with E-state index in [1.807, 2.05) is 12.1 Å². The number of ether oxygens (including phenoxy) is 1. The lowest BCUT2D eigenvalue weighted by atomic mass is 10.3. The van der Waals surface area contributed by atoms with Crippen LogP contribution >= 0.6 is 35.1 Å². The van der Waals surface area contributed by atoms with Gasteiger partial charge in [0.1, 0.15) is 5.75 Å². The molecule has 0 aliphatic carbocycles. The lowest BCUT2D eigenvalue weighted by molar-refractivity contribution is 0.243. The van der Waals surface area contributed by atoms with E-state index in [-0.39, 0.29) is 11.3 Å². The van der Waals surface area contributed by atoms with Crippen molar-refractivity contribution in [2.45, 2.75) is 4.90 Å². The van der Waals surface area contributed by atoms with Gasteiger partial charge in [-0.05, 0) is 72.1 Å². The Bertz CT molecular complexity index is 923. The van der Waals surface area contributed by atoms with Crippen LogP contribution in [0.2, 0.25) is 10.3 Å². The van der Waals surface area contributed by atoms with Gasteiger partial charge < -0.3 is 10.1 Å². The van der Waals surface area contributed by atoms with Crippen LogP contribution in [0.3, 0.4) is 0 Å². The zero-order valence-corrected chi connectivity index (χ0v) is 16.4. The van der Waals surface area contributed by atoms with Crippen molar-refractivity contribution < 1.29 is 9.53 Å². The van der Waals surface area contributed by atoms with Gasteiger partial charge in [0.2, 0.25) is 11.2 Å². The van der Waals surface area contributed by atoms with Crippen LogP contribution in [0.25, 0.3) is 0 Å². The Hall–Kier alpha value is -2.48. The molecule has 3 aromatic rings. The van der Waals surface area contributed by atoms with Gasteiger partial charge >= 0.3 is 6.03 Å². The fraction of sp³-hybridized carbons (Fsp3) is 0.0556. The fourth-order valence-electron chi connectivity index (χ4n) is 2.00. The Morgan fingerprint density at radius 1 is 1.07 bits per heavy atom. The second kappa shape index (κ2) is 8.94. The molecule has 6 nitrogen and oxygen atoms in total. The predicted molar refractivity (Wildman–Crippen MR) is 108 cm³/mol. The molecule has 0 radical (unpaired) electrons. The molecule has 0 saturated carbocycles. The third-order valence-electron chi connectivity index (χ3n) is 3.27. The molecular weight excluding hydrogens is 407 g/mol. The predicted octanol–water partition coefficient (Wildman–Crippen LogP) is 5.75. The van der Waals surface area contributed by atoms with E-state index >= 15 is 0 Å². The molecule has 1 N–H and O–H groups in total. The Kier molecular flexibility index (Phi) is 6.39. The molecule has 1 heterocycles. The maximum Gasteiger partial charge on any atom is 0.331 e. The van der Waals surface area contributed by atoms with Crippen LogP contribution in [0.5, 0.6) is 11.6 Å². The number of benzene rings is 2. The van der Waals surface area contributed by atoms with E-state index in [0.717, 1.165) is 4.90 Å². The van der Waals surface area contributed by atoms with Crippen LogP contribution in [0.4, 0.5) is 10.5 Å². The number of aromatic nitrogens is 2. The second-order valence-electron chi connectivity index (χ2n) is 5.26. The number of anilines is 1. The number of carbonyl (C=O) groups is 1. The van der Waals surface area contributed by atoms with E-state index in [1.165, 1.54) is 22.4 Å². The van der Waals surface area contributed by atoms with E-state index in [1.54, 1.807) is 49.5 Å². The van der Waals surface area contributed by atoms with Crippen LogP contribution < -0.4 is 10.1 Å². The molecule has 0 aliphatic rings. The van der Waals surface area contributed by atoms with Gasteiger partial charge in [-0.3, -0.25) is 4.31 Å². The maximum absolute atomic E-state index is 12.3. The molecular formula is C18H14Cl2N4O2S. The molecule has 0 fully saturated rings. The zero-order chi connectivity index (χ0) is 19.2. The molecule has 1 aromatic heterocycles. The molecule has 27 heavy (non-hydrogen) atoms. The summed E-state index contributed by atoms with van der Waals surface area (Å²) in [6.45, 7) is 0. The Morgan fingerprint density at radius 2 is 1.78 bits per heavy atom. The van der Waals surface area contributed by atoms with Crippen molar-refractivity contribution in [2.75, 3.05) is 12.4 Å². The van der Waals surface area contributed by atoms with E-state index in [0.29, 0.717) is 22.3 Å². The topological polar surface area (TPSA) is 67.4 Å². The Labute approximate surface area is 170 Å². The van der Waals surface area contributed by atoms with Crippen molar-refractivity contribution >= 4 is 46.9 Å². The van der Waals surface area contributed by atoms with Gasteiger partial charge in [-0.1, -0.05) is 11.6 Å². The largest absolute Gasteiger partial charge is 0.439 e. The number of rotatable bonds is 5. The van der Waals surface area contributed by atoms with Gasteiger partial charge in [-0.15, -0.1) is 0 Å². The Balaban J connectivity index is 1.56. The number of hydrogen-bond acceptors (Lipinski definition) is 5. The molecule has 0 unspecified atom stereocenters. The smallest absolute Gasteiger partial charge is 0.331 e. The van der Waals surface area contributed by atoms with Crippen LogP contribution in [0.15, 0.2) is 65.7 Å². The molecule has 138 valence electrons. The number of nitrogens with zero attached hydrogens (tertiary/aromatic N) is 3. The molecule has 0 bridgehead atoms. The average Bonchev–Trinajstić information content (AvgIpc) is 2.65. The highest BCUT2D eigenvalue weighted by Crippen LogP contribution is 2.25. The number of halogens is 2. The zero-order valence-electron chi connectivity index (χ0n) is 14.1. The minimum absolute atomic E-state index is 0.109. The quantitative estimate of drug-likeness (QED) is 0.420. The summed E-state index contributed by atoms with van der Waals surface area (Å²) < 4.78 is 7.08. The van der Waals surface area contributed by atoms with Crippen molar-refractivity contribution in [3.8, 4) is 11.6 Å². The van der Waals surface area contributed by atoms with Gasteiger partial charge in [0, 0.05) is 34.9 Å². The normalized spacial score (nSPS) is 10.3. The van der Waals surface area contributed by atoms with Gasteiger partial charge in [0.25, 0.3) is 0 Å². The summed E-state index contributed by atoms with van der Waals surface area (Å²) >= 11 is 12.9. The molecule has 0 saturated heterocycles. The van der Waals surface area contributed by atoms with Crippen molar-refractivity contribution in [3.63, 3.8) is 0 Å². The second-order valence-corrected chi connectivity index (χ2v) is 7.24. The maximum atomic E-state index is 12.3. The minimum atomic E-state index is -0.258. The first-order valence-electron chi connectivity index (χ1n) is 7.74. The lowest BCUT2D eigenvalue weighted by Crippen LogP contribution is -2.25. The van der Waals surface area contributed by atoms with Crippen molar-refractivity contribution in [2.24, 2.45) is 0 Å². The van der Waals surface area contributed by atoms with E-state index in [4.69, 9.17) is 27.9 Å². The number of carbonyl (C=O) groups excluding carboxylic acids is 1. The highest BCUT2D eigenvalue weighted by molar-refractivity contribution is 7.97. The van der Waals surface area contributed by atoms with Crippen molar-refractivity contribution in [1.82, 2.24) is 14.3 Å². The van der Waals surface area contributed by atoms with Crippen LogP contribution in [-0.4, -0.2) is 27.4 Å². The third kappa shape index (κ3) is 5.75. The highest BCUT2D eigenvalue weighted by atomic mass is 35.5. The molecule has 3 rings (SSSR count). The first-order valence-corrected chi connectivity index (χ1v) is 9.27.